The summed E-state index contributed by atoms with van der Waals surface area (Å²) < 4.78 is 5.45. The minimum Gasteiger partial charge on any atom is -0.444 e. The average Bonchev–Trinajstić information content (AvgIpc) is 2.73. The van der Waals surface area contributed by atoms with Crippen molar-refractivity contribution in [3.8, 4) is 0 Å². The zero-order chi connectivity index (χ0) is 15.6. The highest BCUT2D eigenvalue weighted by Crippen LogP contribution is 2.64. The number of rotatable bonds is 1. The Morgan fingerprint density at radius 3 is 2.29 bits per heavy atom. The molecule has 3 aliphatic rings. The van der Waals surface area contributed by atoms with Crippen LogP contribution in [0.1, 0.15) is 48.0 Å². The van der Waals surface area contributed by atoms with Crippen LogP contribution in [0.5, 0.6) is 0 Å². The van der Waals surface area contributed by atoms with E-state index in [9.17, 15) is 4.79 Å². The van der Waals surface area contributed by atoms with E-state index in [1.807, 2.05) is 25.7 Å². The number of fused-ring (bicyclic) bond motifs is 1. The van der Waals surface area contributed by atoms with Gasteiger partial charge < -0.3 is 14.5 Å². The van der Waals surface area contributed by atoms with E-state index in [1.165, 1.54) is 5.71 Å². The molecule has 2 heterocycles. The fourth-order valence-corrected chi connectivity index (χ4v) is 3.72. The van der Waals surface area contributed by atoms with Gasteiger partial charge in [0.05, 0.1) is 5.71 Å². The maximum Gasteiger partial charge on any atom is 0.410 e. The summed E-state index contributed by atoms with van der Waals surface area (Å²) in [5, 5.41) is 4.32. The molecule has 1 amide bonds. The molecule has 2 aliphatic heterocycles. The van der Waals surface area contributed by atoms with Crippen LogP contribution in [0.25, 0.3) is 0 Å². The van der Waals surface area contributed by atoms with E-state index in [-0.39, 0.29) is 17.1 Å². The summed E-state index contributed by atoms with van der Waals surface area (Å²) in [6, 6.07) is 0. The standard InChI is InChI=1S/C16H26N2O3/c1-14(2,3)20-13(19)18-8-10-11(9-18)16(10,6)12-7-15(4,5)21-17-12/h10-11H,7-9H2,1-6H3. The number of piperidine rings is 1. The number of amides is 1. The van der Waals surface area contributed by atoms with E-state index in [2.05, 4.69) is 25.9 Å². The van der Waals surface area contributed by atoms with Crippen molar-refractivity contribution in [2.75, 3.05) is 13.1 Å². The zero-order valence-corrected chi connectivity index (χ0v) is 13.9. The van der Waals surface area contributed by atoms with Gasteiger partial charge in [-0.15, -0.1) is 0 Å². The Hall–Kier alpha value is -1.26. The van der Waals surface area contributed by atoms with Gasteiger partial charge in [-0.05, 0) is 46.5 Å². The molecule has 0 aromatic heterocycles. The third-order valence-electron chi connectivity index (χ3n) is 5.02. The minimum atomic E-state index is -0.430. The van der Waals surface area contributed by atoms with Crippen molar-refractivity contribution in [2.24, 2.45) is 22.4 Å². The van der Waals surface area contributed by atoms with Gasteiger partial charge in [0.25, 0.3) is 0 Å². The summed E-state index contributed by atoms with van der Waals surface area (Å²) in [6.45, 7) is 13.6. The van der Waals surface area contributed by atoms with Gasteiger partial charge in [0, 0.05) is 24.9 Å². The van der Waals surface area contributed by atoms with Crippen LogP contribution in [0.4, 0.5) is 4.79 Å². The van der Waals surface area contributed by atoms with E-state index in [0.29, 0.717) is 11.8 Å². The van der Waals surface area contributed by atoms with Crippen LogP contribution in [0, 0.1) is 17.3 Å². The Bertz CT molecular complexity index is 492. The third-order valence-corrected chi connectivity index (χ3v) is 5.02. The number of hydrogen-bond donors (Lipinski definition) is 0. The van der Waals surface area contributed by atoms with Gasteiger partial charge in [0.15, 0.2) is 0 Å². The molecule has 1 aliphatic carbocycles. The molecule has 0 N–H and O–H groups in total. The summed E-state index contributed by atoms with van der Waals surface area (Å²) >= 11 is 0. The highest BCUT2D eigenvalue weighted by atomic mass is 16.7. The van der Waals surface area contributed by atoms with E-state index in [4.69, 9.17) is 9.57 Å². The fourth-order valence-electron chi connectivity index (χ4n) is 3.72. The number of oxime groups is 1. The SMILES string of the molecule is CC(C)(C)OC(=O)N1CC2C(C1)C2(C)C1=NOC(C)(C)C1. The number of carbonyl (C=O) groups is 1. The van der Waals surface area contributed by atoms with Crippen LogP contribution in [-0.4, -0.2) is 41.0 Å². The van der Waals surface area contributed by atoms with E-state index in [0.717, 1.165) is 19.5 Å². The number of nitrogens with zero attached hydrogens (tertiary/aromatic N) is 2. The first-order valence-electron chi connectivity index (χ1n) is 7.76. The second-order valence-electron chi connectivity index (χ2n) is 8.45. The molecular formula is C16H26N2O3. The van der Waals surface area contributed by atoms with Crippen molar-refractivity contribution < 1.29 is 14.4 Å². The summed E-state index contributed by atoms with van der Waals surface area (Å²) in [6.07, 6.45) is 0.699. The number of likely N-dealkylation sites (tertiary alicyclic amines) is 1. The molecule has 0 spiro atoms. The molecule has 118 valence electrons. The number of ether oxygens (including phenoxy) is 1. The molecule has 1 saturated carbocycles. The number of carbonyl (C=O) groups excluding carboxylic acids is 1. The molecular weight excluding hydrogens is 268 g/mol. The van der Waals surface area contributed by atoms with E-state index < -0.39 is 5.60 Å². The first-order chi connectivity index (χ1) is 9.53. The normalized spacial score (nSPS) is 36.9. The van der Waals surface area contributed by atoms with Crippen LogP contribution in [0.2, 0.25) is 0 Å². The van der Waals surface area contributed by atoms with Gasteiger partial charge in [-0.25, -0.2) is 4.79 Å². The quantitative estimate of drug-likeness (QED) is 0.747. The Labute approximate surface area is 126 Å². The zero-order valence-electron chi connectivity index (χ0n) is 13.9. The van der Waals surface area contributed by atoms with Gasteiger partial charge in [-0.1, -0.05) is 12.1 Å². The topological polar surface area (TPSA) is 51.1 Å². The molecule has 0 aromatic rings. The third kappa shape index (κ3) is 2.40. The van der Waals surface area contributed by atoms with Crippen molar-refractivity contribution in [3.63, 3.8) is 0 Å². The van der Waals surface area contributed by atoms with Gasteiger partial charge in [-0.2, -0.15) is 0 Å². The lowest BCUT2D eigenvalue weighted by molar-refractivity contribution is 0.0123. The number of hydrogen-bond acceptors (Lipinski definition) is 4. The Balaban J connectivity index is 1.60. The van der Waals surface area contributed by atoms with Crippen molar-refractivity contribution in [2.45, 2.75) is 59.2 Å². The van der Waals surface area contributed by atoms with Crippen LogP contribution in [0.15, 0.2) is 5.16 Å². The van der Waals surface area contributed by atoms with Gasteiger partial charge in [0.1, 0.15) is 11.2 Å². The summed E-state index contributed by atoms with van der Waals surface area (Å²) in [5.74, 6) is 1.00. The Morgan fingerprint density at radius 1 is 1.29 bits per heavy atom. The largest absolute Gasteiger partial charge is 0.444 e. The molecule has 21 heavy (non-hydrogen) atoms. The maximum atomic E-state index is 12.1. The smallest absolute Gasteiger partial charge is 0.410 e. The lowest BCUT2D eigenvalue weighted by Crippen LogP contribution is -2.39. The van der Waals surface area contributed by atoms with Crippen LogP contribution in [0.3, 0.4) is 0 Å². The molecule has 5 heteroatoms. The van der Waals surface area contributed by atoms with Gasteiger partial charge >= 0.3 is 6.09 Å². The highest BCUT2D eigenvalue weighted by Gasteiger charge is 2.69. The van der Waals surface area contributed by atoms with E-state index in [1.54, 1.807) is 0 Å². The first kappa shape index (κ1) is 14.7. The maximum absolute atomic E-state index is 12.1. The van der Waals surface area contributed by atoms with Crippen LogP contribution < -0.4 is 0 Å². The Kier molecular flexibility index (Phi) is 2.89. The summed E-state index contributed by atoms with van der Waals surface area (Å²) in [7, 11) is 0. The summed E-state index contributed by atoms with van der Waals surface area (Å²) in [4.78, 5) is 19.5. The predicted octanol–water partition coefficient (Wildman–Crippen LogP) is 3.04. The monoisotopic (exact) mass is 294 g/mol. The van der Waals surface area contributed by atoms with Crippen LogP contribution >= 0.6 is 0 Å². The average molecular weight is 294 g/mol. The van der Waals surface area contributed by atoms with E-state index >= 15 is 0 Å². The van der Waals surface area contributed by atoms with Crippen molar-refractivity contribution in [3.05, 3.63) is 0 Å². The second-order valence-corrected chi connectivity index (χ2v) is 8.45. The Morgan fingerprint density at radius 2 is 1.86 bits per heavy atom. The van der Waals surface area contributed by atoms with Crippen molar-refractivity contribution >= 4 is 11.8 Å². The molecule has 1 saturated heterocycles. The summed E-state index contributed by atoms with van der Waals surface area (Å²) in [5.41, 5.74) is 0.679. The first-order valence-corrected chi connectivity index (χ1v) is 7.76. The molecule has 5 nitrogen and oxygen atoms in total. The lowest BCUT2D eigenvalue weighted by atomic mass is 9.89. The van der Waals surface area contributed by atoms with Gasteiger partial charge in [0.2, 0.25) is 0 Å². The minimum absolute atomic E-state index is 0.117. The fraction of sp³-hybridized carbons (Fsp3) is 0.875. The highest BCUT2D eigenvalue weighted by molar-refractivity contribution is 5.95. The van der Waals surface area contributed by atoms with Crippen molar-refractivity contribution in [1.82, 2.24) is 4.90 Å². The second kappa shape index (κ2) is 4.14. The molecule has 0 bridgehead atoms. The molecule has 2 unspecified atom stereocenters. The van der Waals surface area contributed by atoms with Crippen LogP contribution in [-0.2, 0) is 9.57 Å². The lowest BCUT2D eigenvalue weighted by Gasteiger charge is -2.27. The molecule has 0 radical (unpaired) electrons. The predicted molar refractivity (Wildman–Crippen MR) is 80.1 cm³/mol. The molecule has 2 fully saturated rings. The van der Waals surface area contributed by atoms with Crippen molar-refractivity contribution in [1.29, 1.82) is 0 Å². The molecule has 3 rings (SSSR count). The molecule has 2 atom stereocenters. The van der Waals surface area contributed by atoms with Gasteiger partial charge in [-0.3, -0.25) is 0 Å². The molecule has 0 aromatic carbocycles.